The van der Waals surface area contributed by atoms with Crippen LogP contribution in [0.4, 0.5) is 0 Å². The number of para-hydroxylation sites is 1. The lowest BCUT2D eigenvalue weighted by Gasteiger charge is -2.37. The monoisotopic (exact) mass is 265 g/mol. The predicted molar refractivity (Wildman–Crippen MR) is 70.6 cm³/mol. The van der Waals surface area contributed by atoms with Crippen LogP contribution in [-0.4, -0.2) is 46.6 Å². The van der Waals surface area contributed by atoms with E-state index in [9.17, 15) is 0 Å². The molecule has 0 unspecified atom stereocenters. The molecule has 0 radical (unpaired) electrons. The summed E-state index contributed by atoms with van der Waals surface area (Å²) in [5, 5.41) is 0. The van der Waals surface area contributed by atoms with Gasteiger partial charge in [0, 0.05) is 19.1 Å². The molecule has 0 atom stereocenters. The number of rotatable bonds is 2. The molecule has 5 heteroatoms. The molecule has 0 spiro atoms. The Kier molecular flexibility index (Phi) is 3.65. The van der Waals surface area contributed by atoms with Crippen LogP contribution in [0, 0.1) is 0 Å². The normalized spacial score (nSPS) is 32.3. The zero-order chi connectivity index (χ0) is 12.3. The van der Waals surface area contributed by atoms with Gasteiger partial charge in [0.05, 0.1) is 13.2 Å². The number of hydrogen-bond acceptors (Lipinski definition) is 4. The number of hydrogen-bond donors (Lipinski definition) is 0. The van der Waals surface area contributed by atoms with E-state index < -0.39 is 8.80 Å². The van der Waals surface area contributed by atoms with Gasteiger partial charge in [-0.1, -0.05) is 18.2 Å². The fourth-order valence-corrected chi connectivity index (χ4v) is 4.96. The molecule has 0 aliphatic carbocycles. The van der Waals surface area contributed by atoms with Crippen molar-refractivity contribution in [1.82, 2.24) is 4.90 Å². The van der Waals surface area contributed by atoms with Gasteiger partial charge in [0.2, 0.25) is 0 Å². The summed E-state index contributed by atoms with van der Waals surface area (Å²) in [4.78, 5) is 2.40. The minimum absolute atomic E-state index is 0.721. The molecular weight excluding hydrogens is 246 g/mol. The van der Waals surface area contributed by atoms with Crippen LogP contribution in [0.1, 0.15) is 6.42 Å². The van der Waals surface area contributed by atoms with E-state index in [1.54, 1.807) is 0 Å². The molecule has 3 saturated heterocycles. The lowest BCUT2D eigenvalue weighted by Crippen LogP contribution is -2.55. The lowest BCUT2D eigenvalue weighted by atomic mass is 10.3. The summed E-state index contributed by atoms with van der Waals surface area (Å²) in [6.07, 6.45) is 1.10. The molecule has 4 rings (SSSR count). The van der Waals surface area contributed by atoms with Crippen molar-refractivity contribution >= 4 is 8.80 Å². The van der Waals surface area contributed by atoms with Gasteiger partial charge in [-0.05, 0) is 25.1 Å². The Morgan fingerprint density at radius 1 is 1.00 bits per heavy atom. The summed E-state index contributed by atoms with van der Waals surface area (Å²) < 4.78 is 18.1. The fraction of sp³-hybridized carbons (Fsp3) is 0.538. The smallest absolute Gasteiger partial charge is 0.501 e. The molecule has 3 heterocycles. The second-order valence-electron chi connectivity index (χ2n) is 4.74. The maximum Gasteiger partial charge on any atom is 0.566 e. The van der Waals surface area contributed by atoms with Gasteiger partial charge in [0.25, 0.3) is 0 Å². The van der Waals surface area contributed by atoms with E-state index >= 15 is 0 Å². The first-order valence-corrected chi connectivity index (χ1v) is 8.54. The third kappa shape index (κ3) is 2.75. The van der Waals surface area contributed by atoms with Crippen LogP contribution in [-0.2, 0) is 8.85 Å². The topological polar surface area (TPSA) is 30.9 Å². The van der Waals surface area contributed by atoms with Crippen molar-refractivity contribution in [1.29, 1.82) is 0 Å². The van der Waals surface area contributed by atoms with Crippen LogP contribution < -0.4 is 4.43 Å². The Balaban J connectivity index is 1.77. The molecule has 18 heavy (non-hydrogen) atoms. The molecule has 0 saturated carbocycles. The maximum atomic E-state index is 6.12. The van der Waals surface area contributed by atoms with Crippen LogP contribution in [0.5, 0.6) is 5.75 Å². The highest BCUT2D eigenvalue weighted by Gasteiger charge is 2.45. The molecule has 4 nitrogen and oxygen atoms in total. The average Bonchev–Trinajstić information content (AvgIpc) is 2.32. The van der Waals surface area contributed by atoms with Crippen molar-refractivity contribution in [2.45, 2.75) is 12.5 Å². The highest BCUT2D eigenvalue weighted by molar-refractivity contribution is 6.61. The zero-order valence-corrected chi connectivity index (χ0v) is 11.5. The van der Waals surface area contributed by atoms with Gasteiger partial charge in [0.1, 0.15) is 5.75 Å². The maximum absolute atomic E-state index is 6.12. The van der Waals surface area contributed by atoms with Gasteiger partial charge in [-0.3, -0.25) is 4.90 Å². The zero-order valence-electron chi connectivity index (χ0n) is 10.5. The minimum Gasteiger partial charge on any atom is -0.501 e. The van der Waals surface area contributed by atoms with E-state index in [0.717, 1.165) is 51.1 Å². The quantitative estimate of drug-likeness (QED) is 0.762. The molecule has 3 aliphatic heterocycles. The first-order chi connectivity index (χ1) is 8.86. The van der Waals surface area contributed by atoms with Crippen molar-refractivity contribution < 1.29 is 13.3 Å². The lowest BCUT2D eigenvalue weighted by molar-refractivity contribution is 0.0419. The van der Waals surface area contributed by atoms with E-state index in [1.807, 2.05) is 30.3 Å². The SMILES string of the molecule is c1ccc(O[Si]23CCCN(CCO2)CCO3)cc1. The summed E-state index contributed by atoms with van der Waals surface area (Å²) in [6.45, 7) is 4.57. The summed E-state index contributed by atoms with van der Waals surface area (Å²) in [6, 6.07) is 10.8. The standard InChI is InChI=1S/C13H19NO3Si/c1-2-5-13(6-3-1)17-18-12-4-7-14(8-10-15-18)9-11-16-18/h1-3,5-6H,4,7-12H2. The number of nitrogens with zero attached hydrogens (tertiary/aromatic N) is 1. The van der Waals surface area contributed by atoms with Gasteiger partial charge in [-0.25, -0.2) is 0 Å². The van der Waals surface area contributed by atoms with Crippen LogP contribution >= 0.6 is 0 Å². The molecule has 98 valence electrons. The van der Waals surface area contributed by atoms with Gasteiger partial charge >= 0.3 is 8.80 Å². The Labute approximate surface area is 109 Å². The van der Waals surface area contributed by atoms with E-state index in [2.05, 4.69) is 4.90 Å². The third-order valence-electron chi connectivity index (χ3n) is 3.43. The first-order valence-electron chi connectivity index (χ1n) is 6.61. The summed E-state index contributed by atoms with van der Waals surface area (Å²) in [5.74, 6) is 0.863. The van der Waals surface area contributed by atoms with E-state index in [1.165, 1.54) is 0 Å². The molecular formula is C13H19NO3Si. The van der Waals surface area contributed by atoms with Crippen molar-refractivity contribution in [3.8, 4) is 5.75 Å². The van der Waals surface area contributed by atoms with Gasteiger partial charge in [0.15, 0.2) is 0 Å². The molecule has 3 fully saturated rings. The third-order valence-corrected chi connectivity index (χ3v) is 6.23. The fourth-order valence-electron chi connectivity index (χ4n) is 2.48. The highest BCUT2D eigenvalue weighted by Crippen LogP contribution is 2.25. The molecule has 0 N–H and O–H groups in total. The second-order valence-corrected chi connectivity index (χ2v) is 7.39. The Bertz CT molecular complexity index is 361. The van der Waals surface area contributed by atoms with E-state index in [-0.39, 0.29) is 0 Å². The van der Waals surface area contributed by atoms with Crippen molar-refractivity contribution in [2.24, 2.45) is 0 Å². The van der Waals surface area contributed by atoms with Crippen molar-refractivity contribution in [2.75, 3.05) is 32.8 Å². The van der Waals surface area contributed by atoms with Crippen LogP contribution in [0.25, 0.3) is 0 Å². The summed E-state index contributed by atoms with van der Waals surface area (Å²) in [5.41, 5.74) is 0. The average molecular weight is 265 g/mol. The number of fused-ring (bicyclic) bond motifs is 6. The van der Waals surface area contributed by atoms with Crippen molar-refractivity contribution in [3.63, 3.8) is 0 Å². The molecule has 3 aliphatic rings. The molecule has 2 bridgehead atoms. The van der Waals surface area contributed by atoms with Crippen LogP contribution in [0.3, 0.4) is 0 Å². The van der Waals surface area contributed by atoms with Gasteiger partial charge in [-0.2, -0.15) is 0 Å². The van der Waals surface area contributed by atoms with Crippen LogP contribution in [0.15, 0.2) is 30.3 Å². The Morgan fingerprint density at radius 3 is 2.44 bits per heavy atom. The Hall–Kier alpha value is -0.883. The van der Waals surface area contributed by atoms with E-state index in [0.29, 0.717) is 0 Å². The molecule has 1 aromatic rings. The summed E-state index contributed by atoms with van der Waals surface area (Å²) in [7, 11) is -2.49. The second kappa shape index (κ2) is 5.40. The predicted octanol–water partition coefficient (Wildman–Crippen LogP) is 1.76. The van der Waals surface area contributed by atoms with Gasteiger partial charge in [-0.15, -0.1) is 0 Å². The van der Waals surface area contributed by atoms with Crippen LogP contribution in [0.2, 0.25) is 6.04 Å². The first kappa shape index (κ1) is 12.2. The van der Waals surface area contributed by atoms with Gasteiger partial charge < -0.3 is 13.3 Å². The van der Waals surface area contributed by atoms with E-state index in [4.69, 9.17) is 13.3 Å². The summed E-state index contributed by atoms with van der Waals surface area (Å²) >= 11 is 0. The largest absolute Gasteiger partial charge is 0.566 e. The van der Waals surface area contributed by atoms with Crippen molar-refractivity contribution in [3.05, 3.63) is 30.3 Å². The number of benzene rings is 1. The molecule has 1 aromatic carbocycles. The minimum atomic E-state index is -2.49. The Morgan fingerprint density at radius 2 is 1.72 bits per heavy atom. The molecule has 0 aromatic heterocycles. The molecule has 0 amide bonds. The highest BCUT2D eigenvalue weighted by atomic mass is 28.4.